The molecule has 2 N–H and O–H groups in total. The summed E-state index contributed by atoms with van der Waals surface area (Å²) in [6.07, 6.45) is 0.270. The van der Waals surface area contributed by atoms with Crippen molar-refractivity contribution < 1.29 is 19.0 Å². The highest BCUT2D eigenvalue weighted by Crippen LogP contribution is 2.30. The summed E-state index contributed by atoms with van der Waals surface area (Å²) in [6.45, 7) is 4.64. The molecule has 116 valence electrons. The van der Waals surface area contributed by atoms with Crippen LogP contribution in [0.4, 0.5) is 5.69 Å². The Hall–Kier alpha value is -1.79. The molecule has 6 heteroatoms. The highest BCUT2D eigenvalue weighted by Gasteiger charge is 2.17. The molecule has 1 aromatic carbocycles. The minimum atomic E-state index is -0.0729. The zero-order chi connectivity index (χ0) is 15.1. The van der Waals surface area contributed by atoms with Gasteiger partial charge in [0, 0.05) is 24.8 Å². The van der Waals surface area contributed by atoms with Gasteiger partial charge in [0.05, 0.1) is 32.8 Å². The predicted molar refractivity (Wildman–Crippen MR) is 80.0 cm³/mol. The third-order valence-electron chi connectivity index (χ3n) is 3.16. The molecule has 1 aromatic rings. The van der Waals surface area contributed by atoms with E-state index >= 15 is 0 Å². The number of ether oxygens (including phenoxy) is 3. The molecule has 1 aliphatic heterocycles. The lowest BCUT2D eigenvalue weighted by molar-refractivity contribution is -0.119. The molecular weight excluding hydrogens is 272 g/mol. The van der Waals surface area contributed by atoms with Gasteiger partial charge in [-0.15, -0.1) is 0 Å². The van der Waals surface area contributed by atoms with Gasteiger partial charge < -0.3 is 24.8 Å². The number of nitrogens with one attached hydrogen (secondary N) is 2. The number of hydrogen-bond acceptors (Lipinski definition) is 5. The van der Waals surface area contributed by atoms with Gasteiger partial charge in [0.15, 0.2) is 11.5 Å². The van der Waals surface area contributed by atoms with Crippen molar-refractivity contribution in [3.63, 3.8) is 0 Å². The van der Waals surface area contributed by atoms with E-state index in [9.17, 15) is 4.79 Å². The SMILES string of the molecule is CCOc1cc(NC(=O)CC2CNCCO2)ccc1OC. The lowest BCUT2D eigenvalue weighted by Gasteiger charge is -2.23. The number of carbonyl (C=O) groups is 1. The van der Waals surface area contributed by atoms with Gasteiger partial charge in [-0.2, -0.15) is 0 Å². The molecule has 1 unspecified atom stereocenters. The first-order valence-corrected chi connectivity index (χ1v) is 7.16. The van der Waals surface area contributed by atoms with E-state index in [-0.39, 0.29) is 12.0 Å². The van der Waals surface area contributed by atoms with Gasteiger partial charge in [-0.25, -0.2) is 0 Å². The molecular formula is C15H22N2O4. The molecule has 1 atom stereocenters. The van der Waals surface area contributed by atoms with E-state index in [1.807, 2.05) is 6.92 Å². The van der Waals surface area contributed by atoms with Gasteiger partial charge in [0.2, 0.25) is 5.91 Å². The second kappa shape index (κ2) is 7.85. The molecule has 0 saturated carbocycles. The number of rotatable bonds is 6. The Balaban J connectivity index is 1.94. The van der Waals surface area contributed by atoms with Crippen LogP contribution in [-0.2, 0) is 9.53 Å². The zero-order valence-corrected chi connectivity index (χ0v) is 12.5. The van der Waals surface area contributed by atoms with Crippen LogP contribution in [0.3, 0.4) is 0 Å². The Morgan fingerprint density at radius 1 is 1.48 bits per heavy atom. The van der Waals surface area contributed by atoms with Crippen molar-refractivity contribution in [1.29, 1.82) is 0 Å². The van der Waals surface area contributed by atoms with Crippen molar-refractivity contribution in [3.05, 3.63) is 18.2 Å². The fourth-order valence-electron chi connectivity index (χ4n) is 2.19. The van der Waals surface area contributed by atoms with E-state index in [4.69, 9.17) is 14.2 Å². The van der Waals surface area contributed by atoms with Crippen LogP contribution < -0.4 is 20.1 Å². The maximum Gasteiger partial charge on any atom is 0.227 e. The molecule has 6 nitrogen and oxygen atoms in total. The van der Waals surface area contributed by atoms with Crippen LogP contribution in [0, 0.1) is 0 Å². The minimum Gasteiger partial charge on any atom is -0.493 e. The van der Waals surface area contributed by atoms with Crippen LogP contribution in [0.2, 0.25) is 0 Å². The molecule has 0 radical (unpaired) electrons. The molecule has 0 spiro atoms. The number of hydrogen-bond donors (Lipinski definition) is 2. The molecule has 2 rings (SSSR count). The van der Waals surface area contributed by atoms with E-state index in [0.29, 0.717) is 43.4 Å². The highest BCUT2D eigenvalue weighted by atomic mass is 16.5. The zero-order valence-electron chi connectivity index (χ0n) is 12.5. The van der Waals surface area contributed by atoms with Crippen LogP contribution in [0.1, 0.15) is 13.3 Å². The number of anilines is 1. The summed E-state index contributed by atoms with van der Waals surface area (Å²) in [4.78, 5) is 12.0. The number of amides is 1. The Morgan fingerprint density at radius 2 is 2.33 bits per heavy atom. The summed E-state index contributed by atoms with van der Waals surface area (Å²) < 4.78 is 16.2. The molecule has 0 bridgehead atoms. The van der Waals surface area contributed by atoms with Gasteiger partial charge >= 0.3 is 0 Å². The third kappa shape index (κ3) is 4.61. The largest absolute Gasteiger partial charge is 0.493 e. The van der Waals surface area contributed by atoms with Crippen molar-refractivity contribution in [1.82, 2.24) is 5.32 Å². The van der Waals surface area contributed by atoms with Crippen molar-refractivity contribution in [2.45, 2.75) is 19.4 Å². The Kier molecular flexibility index (Phi) is 5.83. The lowest BCUT2D eigenvalue weighted by Crippen LogP contribution is -2.40. The first kappa shape index (κ1) is 15.6. The van der Waals surface area contributed by atoms with E-state index in [1.54, 1.807) is 25.3 Å². The molecule has 0 aliphatic carbocycles. The van der Waals surface area contributed by atoms with Gasteiger partial charge in [-0.3, -0.25) is 4.79 Å². The first-order valence-electron chi connectivity index (χ1n) is 7.16. The van der Waals surface area contributed by atoms with E-state index < -0.39 is 0 Å². The summed E-state index contributed by atoms with van der Waals surface area (Å²) in [5.74, 6) is 1.19. The number of morpholine rings is 1. The quantitative estimate of drug-likeness (QED) is 0.830. The third-order valence-corrected chi connectivity index (χ3v) is 3.16. The minimum absolute atomic E-state index is 0.0663. The molecule has 1 saturated heterocycles. The highest BCUT2D eigenvalue weighted by molar-refractivity contribution is 5.91. The Morgan fingerprint density at radius 3 is 3.00 bits per heavy atom. The normalized spacial score (nSPS) is 18.1. The smallest absolute Gasteiger partial charge is 0.227 e. The Labute approximate surface area is 124 Å². The number of benzene rings is 1. The van der Waals surface area contributed by atoms with Crippen LogP contribution in [0.25, 0.3) is 0 Å². The second-order valence-corrected chi connectivity index (χ2v) is 4.75. The molecule has 21 heavy (non-hydrogen) atoms. The molecule has 1 fully saturated rings. The number of methoxy groups -OCH3 is 1. The predicted octanol–water partition coefficient (Wildman–Crippen LogP) is 1.41. The topological polar surface area (TPSA) is 68.8 Å². The summed E-state index contributed by atoms with van der Waals surface area (Å²) in [5.41, 5.74) is 0.688. The molecule has 1 aliphatic rings. The molecule has 0 aromatic heterocycles. The monoisotopic (exact) mass is 294 g/mol. The molecule has 1 amide bonds. The van der Waals surface area contributed by atoms with Gasteiger partial charge in [-0.1, -0.05) is 0 Å². The van der Waals surface area contributed by atoms with Crippen molar-refractivity contribution in [2.75, 3.05) is 38.7 Å². The fourth-order valence-corrected chi connectivity index (χ4v) is 2.19. The van der Waals surface area contributed by atoms with E-state index in [0.717, 1.165) is 6.54 Å². The van der Waals surface area contributed by atoms with Crippen LogP contribution >= 0.6 is 0 Å². The van der Waals surface area contributed by atoms with Gasteiger partial charge in [-0.05, 0) is 19.1 Å². The average molecular weight is 294 g/mol. The van der Waals surface area contributed by atoms with Gasteiger partial charge in [0.25, 0.3) is 0 Å². The maximum atomic E-state index is 12.0. The van der Waals surface area contributed by atoms with E-state index in [2.05, 4.69) is 10.6 Å². The summed E-state index contributed by atoms with van der Waals surface area (Å²) in [6, 6.07) is 5.33. The van der Waals surface area contributed by atoms with Crippen molar-refractivity contribution in [3.8, 4) is 11.5 Å². The van der Waals surface area contributed by atoms with E-state index in [1.165, 1.54) is 0 Å². The van der Waals surface area contributed by atoms with Crippen molar-refractivity contribution in [2.24, 2.45) is 0 Å². The Bertz CT molecular complexity index is 473. The fraction of sp³-hybridized carbons (Fsp3) is 0.533. The van der Waals surface area contributed by atoms with Crippen molar-refractivity contribution >= 4 is 11.6 Å². The second-order valence-electron chi connectivity index (χ2n) is 4.75. The van der Waals surface area contributed by atoms with Crippen LogP contribution in [-0.4, -0.2) is 45.4 Å². The standard InChI is InChI=1S/C15H22N2O4/c1-3-20-14-8-11(4-5-13(14)19-2)17-15(18)9-12-10-16-6-7-21-12/h4-5,8,12,16H,3,6-7,9-10H2,1-2H3,(H,17,18). The number of carbonyl (C=O) groups excluding carboxylic acids is 1. The summed E-state index contributed by atoms with van der Waals surface area (Å²) >= 11 is 0. The average Bonchev–Trinajstić information content (AvgIpc) is 2.49. The maximum absolute atomic E-state index is 12.0. The first-order chi connectivity index (χ1) is 10.2. The summed E-state index contributed by atoms with van der Waals surface area (Å²) in [5, 5.41) is 6.06. The molecule has 1 heterocycles. The van der Waals surface area contributed by atoms with Crippen LogP contribution in [0.5, 0.6) is 11.5 Å². The van der Waals surface area contributed by atoms with Gasteiger partial charge in [0.1, 0.15) is 0 Å². The van der Waals surface area contributed by atoms with Crippen LogP contribution in [0.15, 0.2) is 18.2 Å². The lowest BCUT2D eigenvalue weighted by atomic mass is 10.2. The summed E-state index contributed by atoms with van der Waals surface area (Å²) in [7, 11) is 1.59.